The molecule has 0 radical (unpaired) electrons. The van der Waals surface area contributed by atoms with E-state index in [0.29, 0.717) is 18.0 Å². The van der Waals surface area contributed by atoms with Crippen LogP contribution in [-0.2, 0) is 13.6 Å². The first-order valence-electron chi connectivity index (χ1n) is 6.68. The van der Waals surface area contributed by atoms with E-state index in [1.54, 1.807) is 31.9 Å². The van der Waals surface area contributed by atoms with Gasteiger partial charge in [0.25, 0.3) is 5.56 Å². The predicted molar refractivity (Wildman–Crippen MR) is 83.0 cm³/mol. The quantitative estimate of drug-likeness (QED) is 0.911. The molecule has 5 nitrogen and oxygen atoms in total. The summed E-state index contributed by atoms with van der Waals surface area (Å²) in [5, 5.41) is 2.99. The maximum Gasteiger partial charge on any atom is 0.255 e. The lowest BCUT2D eigenvalue weighted by Crippen LogP contribution is -2.25. The van der Waals surface area contributed by atoms with Crippen LogP contribution in [0.5, 0.6) is 11.5 Å². The van der Waals surface area contributed by atoms with E-state index in [2.05, 4.69) is 5.32 Å². The number of hydrogen-bond acceptors (Lipinski definition) is 4. The molecule has 1 aromatic carbocycles. The lowest BCUT2D eigenvalue weighted by molar-refractivity contribution is 0.395. The van der Waals surface area contributed by atoms with Crippen molar-refractivity contribution >= 4 is 0 Å². The SMILES string of the molecule is CNCc1ccc(-c2ccc(OC)cc2OC)n(C)c1=O. The van der Waals surface area contributed by atoms with Gasteiger partial charge in [-0.1, -0.05) is 6.07 Å². The van der Waals surface area contributed by atoms with Crippen molar-refractivity contribution in [2.45, 2.75) is 6.54 Å². The van der Waals surface area contributed by atoms with Gasteiger partial charge >= 0.3 is 0 Å². The van der Waals surface area contributed by atoms with Gasteiger partial charge in [0.05, 0.1) is 19.9 Å². The number of nitrogens with zero attached hydrogens (tertiary/aromatic N) is 1. The number of nitrogens with one attached hydrogen (secondary N) is 1. The van der Waals surface area contributed by atoms with E-state index in [9.17, 15) is 4.79 Å². The molecular weight excluding hydrogens is 268 g/mol. The second-order valence-electron chi connectivity index (χ2n) is 4.70. The second kappa shape index (κ2) is 6.45. The lowest BCUT2D eigenvalue weighted by Gasteiger charge is -2.14. The summed E-state index contributed by atoms with van der Waals surface area (Å²) in [5.74, 6) is 1.39. The Balaban J connectivity index is 2.57. The van der Waals surface area contributed by atoms with Gasteiger partial charge in [-0.2, -0.15) is 0 Å². The molecule has 0 amide bonds. The van der Waals surface area contributed by atoms with Gasteiger partial charge in [0.1, 0.15) is 11.5 Å². The zero-order valence-corrected chi connectivity index (χ0v) is 12.8. The number of methoxy groups -OCH3 is 2. The Bertz CT molecular complexity index is 692. The Morgan fingerprint density at radius 3 is 2.52 bits per heavy atom. The Labute approximate surface area is 124 Å². The van der Waals surface area contributed by atoms with Gasteiger partial charge in [-0.05, 0) is 25.2 Å². The molecule has 21 heavy (non-hydrogen) atoms. The summed E-state index contributed by atoms with van der Waals surface area (Å²) in [6.07, 6.45) is 0. The third kappa shape index (κ3) is 2.92. The number of hydrogen-bond donors (Lipinski definition) is 1. The summed E-state index contributed by atoms with van der Waals surface area (Å²) in [6.45, 7) is 0.548. The minimum atomic E-state index is -0.0141. The maximum atomic E-state index is 12.3. The molecule has 0 aliphatic heterocycles. The molecule has 1 aromatic heterocycles. The number of rotatable bonds is 5. The molecule has 5 heteroatoms. The highest BCUT2D eigenvalue weighted by Gasteiger charge is 2.12. The minimum absolute atomic E-state index is 0.0141. The molecule has 2 rings (SSSR count). The average molecular weight is 288 g/mol. The summed E-state index contributed by atoms with van der Waals surface area (Å²) in [7, 11) is 6.79. The monoisotopic (exact) mass is 288 g/mol. The van der Waals surface area contributed by atoms with Crippen molar-refractivity contribution in [3.05, 3.63) is 46.2 Å². The zero-order valence-electron chi connectivity index (χ0n) is 12.8. The van der Waals surface area contributed by atoms with Gasteiger partial charge in [0.2, 0.25) is 0 Å². The van der Waals surface area contributed by atoms with Gasteiger partial charge in [-0.3, -0.25) is 4.79 Å². The number of pyridine rings is 1. The first kappa shape index (κ1) is 15.1. The summed E-state index contributed by atoms with van der Waals surface area (Å²) in [5.41, 5.74) is 2.38. The van der Waals surface area contributed by atoms with Gasteiger partial charge in [-0.15, -0.1) is 0 Å². The number of benzene rings is 1. The van der Waals surface area contributed by atoms with Crippen molar-refractivity contribution in [3.63, 3.8) is 0 Å². The van der Waals surface area contributed by atoms with Crippen molar-refractivity contribution in [1.29, 1.82) is 0 Å². The fourth-order valence-electron chi connectivity index (χ4n) is 2.29. The largest absolute Gasteiger partial charge is 0.497 e. The predicted octanol–water partition coefficient (Wildman–Crippen LogP) is 1.79. The fourth-order valence-corrected chi connectivity index (χ4v) is 2.29. The van der Waals surface area contributed by atoms with Crippen LogP contribution in [0.1, 0.15) is 5.56 Å². The lowest BCUT2D eigenvalue weighted by atomic mass is 10.1. The van der Waals surface area contributed by atoms with E-state index in [4.69, 9.17) is 9.47 Å². The second-order valence-corrected chi connectivity index (χ2v) is 4.70. The first-order chi connectivity index (χ1) is 10.1. The van der Waals surface area contributed by atoms with Crippen LogP contribution in [0.15, 0.2) is 35.1 Å². The molecule has 2 aromatic rings. The van der Waals surface area contributed by atoms with E-state index in [-0.39, 0.29) is 5.56 Å². The Morgan fingerprint density at radius 2 is 1.90 bits per heavy atom. The van der Waals surface area contributed by atoms with Crippen LogP contribution < -0.4 is 20.3 Å². The smallest absolute Gasteiger partial charge is 0.255 e. The van der Waals surface area contributed by atoms with Crippen LogP contribution in [0.3, 0.4) is 0 Å². The van der Waals surface area contributed by atoms with Gasteiger partial charge in [-0.25, -0.2) is 0 Å². The van der Waals surface area contributed by atoms with E-state index < -0.39 is 0 Å². The van der Waals surface area contributed by atoms with Gasteiger partial charge < -0.3 is 19.4 Å². The number of aromatic nitrogens is 1. The van der Waals surface area contributed by atoms with Crippen molar-refractivity contribution < 1.29 is 9.47 Å². The molecule has 0 aliphatic carbocycles. The minimum Gasteiger partial charge on any atom is -0.497 e. The average Bonchev–Trinajstić information content (AvgIpc) is 2.52. The van der Waals surface area contributed by atoms with Gasteiger partial charge in [0, 0.05) is 30.8 Å². The molecule has 0 bridgehead atoms. The summed E-state index contributed by atoms with van der Waals surface area (Å²) < 4.78 is 12.2. The number of ether oxygens (including phenoxy) is 2. The third-order valence-electron chi connectivity index (χ3n) is 3.43. The van der Waals surface area contributed by atoms with Crippen LogP contribution in [-0.4, -0.2) is 25.8 Å². The molecule has 112 valence electrons. The van der Waals surface area contributed by atoms with Crippen LogP contribution in [0.4, 0.5) is 0 Å². The van der Waals surface area contributed by atoms with Crippen molar-refractivity contribution in [3.8, 4) is 22.8 Å². The highest BCUT2D eigenvalue weighted by atomic mass is 16.5. The third-order valence-corrected chi connectivity index (χ3v) is 3.43. The van der Waals surface area contributed by atoms with E-state index >= 15 is 0 Å². The standard InChI is InChI=1S/C16H20N2O3/c1-17-10-11-5-8-14(18(2)16(11)19)13-7-6-12(20-3)9-15(13)21-4/h5-9,17H,10H2,1-4H3. The first-order valence-corrected chi connectivity index (χ1v) is 6.68. The molecule has 0 spiro atoms. The Hall–Kier alpha value is -2.27. The molecule has 0 aliphatic rings. The van der Waals surface area contributed by atoms with E-state index in [0.717, 1.165) is 16.8 Å². The highest BCUT2D eigenvalue weighted by Crippen LogP contribution is 2.32. The van der Waals surface area contributed by atoms with Crippen LogP contribution in [0, 0.1) is 0 Å². The molecule has 0 atom stereocenters. The van der Waals surface area contributed by atoms with E-state index in [1.165, 1.54) is 0 Å². The zero-order chi connectivity index (χ0) is 15.4. The highest BCUT2D eigenvalue weighted by molar-refractivity contribution is 5.69. The maximum absolute atomic E-state index is 12.3. The normalized spacial score (nSPS) is 10.5. The van der Waals surface area contributed by atoms with Gasteiger partial charge in [0.15, 0.2) is 0 Å². The van der Waals surface area contributed by atoms with Crippen LogP contribution >= 0.6 is 0 Å². The van der Waals surface area contributed by atoms with Crippen molar-refractivity contribution in [2.24, 2.45) is 7.05 Å². The van der Waals surface area contributed by atoms with Crippen molar-refractivity contribution in [2.75, 3.05) is 21.3 Å². The molecule has 0 unspecified atom stereocenters. The summed E-state index contributed by atoms with van der Waals surface area (Å²) in [4.78, 5) is 12.3. The van der Waals surface area contributed by atoms with Crippen LogP contribution in [0.2, 0.25) is 0 Å². The topological polar surface area (TPSA) is 52.5 Å². The van der Waals surface area contributed by atoms with Crippen molar-refractivity contribution in [1.82, 2.24) is 9.88 Å². The molecule has 0 saturated heterocycles. The summed E-state index contributed by atoms with van der Waals surface area (Å²) >= 11 is 0. The molecule has 0 saturated carbocycles. The summed E-state index contributed by atoms with van der Waals surface area (Å²) in [6, 6.07) is 9.32. The molecule has 0 fully saturated rings. The fraction of sp³-hybridized carbons (Fsp3) is 0.312. The Morgan fingerprint density at radius 1 is 1.14 bits per heavy atom. The molecule has 1 N–H and O–H groups in total. The molecular formula is C16H20N2O3. The Kier molecular flexibility index (Phi) is 4.65. The van der Waals surface area contributed by atoms with Crippen LogP contribution in [0.25, 0.3) is 11.3 Å². The molecule has 1 heterocycles. The van der Waals surface area contributed by atoms with E-state index in [1.807, 2.05) is 31.3 Å².